The van der Waals surface area contributed by atoms with Crippen LogP contribution in [0.5, 0.6) is 0 Å². The summed E-state index contributed by atoms with van der Waals surface area (Å²) < 4.78 is 14.7. The summed E-state index contributed by atoms with van der Waals surface area (Å²) in [6.07, 6.45) is 6.57. The molecule has 26 heavy (non-hydrogen) atoms. The van der Waals surface area contributed by atoms with Crippen molar-refractivity contribution in [2.24, 2.45) is 0 Å². The molecule has 1 amide bonds. The molecule has 128 valence electrons. The monoisotopic (exact) mass is 365 g/mol. The van der Waals surface area contributed by atoms with E-state index >= 15 is 0 Å². The number of nitrogens with zero attached hydrogens (tertiary/aromatic N) is 4. The Morgan fingerprint density at radius 3 is 2.77 bits per heavy atom. The highest BCUT2D eigenvalue weighted by atomic mass is 32.1. The van der Waals surface area contributed by atoms with Gasteiger partial charge in [0.05, 0.1) is 5.69 Å². The first-order chi connectivity index (χ1) is 12.7. The van der Waals surface area contributed by atoms with Gasteiger partial charge in [0.25, 0.3) is 5.91 Å². The molecule has 0 bridgehead atoms. The van der Waals surface area contributed by atoms with Gasteiger partial charge in [0, 0.05) is 35.1 Å². The minimum absolute atomic E-state index is 0.284. The van der Waals surface area contributed by atoms with Gasteiger partial charge in [0.2, 0.25) is 0 Å². The number of hydrogen-bond donors (Lipinski definition) is 1. The normalized spacial score (nSPS) is 10.7. The standard InChI is InChI=1S/C18H12FN5OS/c19-14-3-1-12(2-4-14)15-10-26-18(22-15)23-17(25)13-5-6-21-16(9-13)24-8-7-20-11-24/h1-11H,(H,22,23,25). The molecule has 1 N–H and O–H groups in total. The van der Waals surface area contributed by atoms with Crippen LogP contribution >= 0.6 is 11.3 Å². The lowest BCUT2D eigenvalue weighted by Crippen LogP contribution is -2.12. The molecule has 0 spiro atoms. The van der Waals surface area contributed by atoms with Crippen LogP contribution in [-0.4, -0.2) is 25.4 Å². The van der Waals surface area contributed by atoms with E-state index in [0.717, 1.165) is 5.56 Å². The molecule has 4 rings (SSSR count). The molecule has 8 heteroatoms. The van der Waals surface area contributed by atoms with Gasteiger partial charge in [-0.25, -0.2) is 19.3 Å². The SMILES string of the molecule is O=C(Nc1nc(-c2ccc(F)cc2)cs1)c1ccnc(-n2ccnc2)c1. The number of halogens is 1. The number of carbonyl (C=O) groups is 1. The number of rotatable bonds is 4. The molecule has 3 aromatic heterocycles. The maximum Gasteiger partial charge on any atom is 0.257 e. The molecular formula is C18H12FN5OS. The molecular weight excluding hydrogens is 353 g/mol. The number of benzene rings is 1. The number of thiazole rings is 1. The minimum atomic E-state index is -0.302. The van der Waals surface area contributed by atoms with E-state index in [9.17, 15) is 9.18 Å². The van der Waals surface area contributed by atoms with Crippen LogP contribution in [-0.2, 0) is 0 Å². The van der Waals surface area contributed by atoms with Crippen molar-refractivity contribution in [1.29, 1.82) is 0 Å². The summed E-state index contributed by atoms with van der Waals surface area (Å²) in [4.78, 5) is 25.1. The maximum atomic E-state index is 13.0. The van der Waals surface area contributed by atoms with Crippen LogP contribution in [0.3, 0.4) is 0 Å². The summed E-state index contributed by atoms with van der Waals surface area (Å²) in [6, 6.07) is 9.35. The Kier molecular flexibility index (Phi) is 4.24. The first-order valence-electron chi connectivity index (χ1n) is 7.66. The van der Waals surface area contributed by atoms with Crippen molar-refractivity contribution >= 4 is 22.4 Å². The third-order valence-corrected chi connectivity index (χ3v) is 4.40. The number of imidazole rings is 1. The lowest BCUT2D eigenvalue weighted by Gasteiger charge is -2.05. The highest BCUT2D eigenvalue weighted by Gasteiger charge is 2.11. The fourth-order valence-corrected chi connectivity index (χ4v) is 3.06. The fraction of sp³-hybridized carbons (Fsp3) is 0. The number of amides is 1. The second-order valence-electron chi connectivity index (χ2n) is 5.37. The van der Waals surface area contributed by atoms with Crippen molar-refractivity contribution in [2.75, 3.05) is 5.32 Å². The van der Waals surface area contributed by atoms with E-state index in [1.165, 1.54) is 23.5 Å². The molecule has 0 aliphatic carbocycles. The lowest BCUT2D eigenvalue weighted by molar-refractivity contribution is 0.102. The van der Waals surface area contributed by atoms with Crippen molar-refractivity contribution in [3.63, 3.8) is 0 Å². The summed E-state index contributed by atoms with van der Waals surface area (Å²) >= 11 is 1.31. The van der Waals surface area contributed by atoms with E-state index < -0.39 is 0 Å². The second-order valence-corrected chi connectivity index (χ2v) is 6.23. The van der Waals surface area contributed by atoms with Crippen LogP contribution in [0.4, 0.5) is 9.52 Å². The van der Waals surface area contributed by atoms with E-state index in [0.29, 0.717) is 22.2 Å². The van der Waals surface area contributed by atoms with Crippen LogP contribution in [0, 0.1) is 5.82 Å². The third-order valence-electron chi connectivity index (χ3n) is 3.64. The Morgan fingerprint density at radius 1 is 1.15 bits per heavy atom. The molecule has 0 aliphatic rings. The second kappa shape index (κ2) is 6.85. The van der Waals surface area contributed by atoms with E-state index in [4.69, 9.17) is 0 Å². The summed E-state index contributed by atoms with van der Waals surface area (Å²) in [5.74, 6) is 0.0129. The van der Waals surface area contributed by atoms with Crippen LogP contribution in [0.2, 0.25) is 0 Å². The number of aromatic nitrogens is 4. The maximum absolute atomic E-state index is 13.0. The average Bonchev–Trinajstić information content (AvgIpc) is 3.34. The molecule has 0 saturated carbocycles. The molecule has 6 nitrogen and oxygen atoms in total. The van der Waals surface area contributed by atoms with Crippen LogP contribution < -0.4 is 5.32 Å². The molecule has 0 fully saturated rings. The van der Waals surface area contributed by atoms with Crippen LogP contribution in [0.1, 0.15) is 10.4 Å². The number of carbonyl (C=O) groups excluding carboxylic acids is 1. The van der Waals surface area contributed by atoms with Gasteiger partial charge in [-0.1, -0.05) is 0 Å². The average molecular weight is 365 g/mol. The number of anilines is 1. The van der Waals surface area contributed by atoms with Gasteiger partial charge in [-0.3, -0.25) is 14.7 Å². The van der Waals surface area contributed by atoms with Crippen molar-refractivity contribution in [3.05, 3.63) is 78.1 Å². The van der Waals surface area contributed by atoms with Gasteiger partial charge in [0.15, 0.2) is 5.13 Å². The van der Waals surface area contributed by atoms with Gasteiger partial charge in [0.1, 0.15) is 18.0 Å². The van der Waals surface area contributed by atoms with E-state index in [2.05, 4.69) is 20.3 Å². The molecule has 0 atom stereocenters. The highest BCUT2D eigenvalue weighted by molar-refractivity contribution is 7.14. The fourth-order valence-electron chi connectivity index (χ4n) is 2.35. The molecule has 0 unspecified atom stereocenters. The molecule has 0 aliphatic heterocycles. The van der Waals surface area contributed by atoms with Gasteiger partial charge in [-0.05, 0) is 36.4 Å². The third kappa shape index (κ3) is 3.35. The zero-order chi connectivity index (χ0) is 17.9. The van der Waals surface area contributed by atoms with E-state index in [1.54, 1.807) is 53.8 Å². The zero-order valence-electron chi connectivity index (χ0n) is 13.3. The van der Waals surface area contributed by atoms with Crippen molar-refractivity contribution in [2.45, 2.75) is 0 Å². The summed E-state index contributed by atoms with van der Waals surface area (Å²) in [6.45, 7) is 0. The Morgan fingerprint density at radius 2 is 2.00 bits per heavy atom. The van der Waals surface area contributed by atoms with Crippen molar-refractivity contribution in [3.8, 4) is 17.1 Å². The summed E-state index contributed by atoms with van der Waals surface area (Å²) in [5, 5.41) is 5.05. The van der Waals surface area contributed by atoms with Crippen LogP contribution in [0.25, 0.3) is 17.1 Å². The van der Waals surface area contributed by atoms with Crippen molar-refractivity contribution < 1.29 is 9.18 Å². The van der Waals surface area contributed by atoms with Crippen LogP contribution in [0.15, 0.2) is 66.7 Å². The Bertz CT molecular complexity index is 1040. The van der Waals surface area contributed by atoms with Gasteiger partial charge >= 0.3 is 0 Å². The molecule has 3 heterocycles. The van der Waals surface area contributed by atoms with E-state index in [1.807, 2.05) is 5.38 Å². The predicted molar refractivity (Wildman–Crippen MR) is 96.8 cm³/mol. The first-order valence-corrected chi connectivity index (χ1v) is 8.54. The number of nitrogens with one attached hydrogen (secondary N) is 1. The predicted octanol–water partition coefficient (Wildman–Crippen LogP) is 3.78. The van der Waals surface area contributed by atoms with Gasteiger partial charge in [-0.15, -0.1) is 11.3 Å². The number of pyridine rings is 1. The topological polar surface area (TPSA) is 72.7 Å². The number of hydrogen-bond acceptors (Lipinski definition) is 5. The summed E-state index contributed by atoms with van der Waals surface area (Å²) in [7, 11) is 0. The first kappa shape index (κ1) is 16.1. The van der Waals surface area contributed by atoms with Crippen molar-refractivity contribution in [1.82, 2.24) is 19.5 Å². The molecule has 4 aromatic rings. The zero-order valence-corrected chi connectivity index (χ0v) is 14.2. The summed E-state index contributed by atoms with van der Waals surface area (Å²) in [5.41, 5.74) is 1.93. The molecule has 0 saturated heterocycles. The molecule has 1 aromatic carbocycles. The van der Waals surface area contributed by atoms with E-state index in [-0.39, 0.29) is 11.7 Å². The quantitative estimate of drug-likeness (QED) is 0.597. The lowest BCUT2D eigenvalue weighted by atomic mass is 10.2. The molecule has 0 radical (unpaired) electrons. The van der Waals surface area contributed by atoms with Gasteiger partial charge in [-0.2, -0.15) is 0 Å². The highest BCUT2D eigenvalue weighted by Crippen LogP contribution is 2.25. The Hall–Kier alpha value is -3.39. The minimum Gasteiger partial charge on any atom is -0.298 e. The smallest absolute Gasteiger partial charge is 0.257 e. The largest absolute Gasteiger partial charge is 0.298 e. The Labute approximate surface area is 152 Å². The Balaban J connectivity index is 1.52. The van der Waals surface area contributed by atoms with Gasteiger partial charge < -0.3 is 0 Å².